The quantitative estimate of drug-likeness (QED) is 0.414. The summed E-state index contributed by atoms with van der Waals surface area (Å²) in [5, 5.41) is 12.0. The van der Waals surface area contributed by atoms with Crippen LogP contribution in [0, 0.1) is 6.92 Å². The van der Waals surface area contributed by atoms with E-state index in [0.717, 1.165) is 22.9 Å². The second-order valence-electron chi connectivity index (χ2n) is 7.50. The van der Waals surface area contributed by atoms with Crippen molar-refractivity contribution >= 4 is 38.1 Å². The van der Waals surface area contributed by atoms with E-state index >= 15 is 0 Å². The molecule has 0 aliphatic rings. The van der Waals surface area contributed by atoms with Crippen molar-refractivity contribution in [3.63, 3.8) is 0 Å². The number of aryl methyl sites for hydroxylation is 1. The fourth-order valence-electron chi connectivity index (χ4n) is 3.26. The first-order valence-electron chi connectivity index (χ1n) is 10.1. The third-order valence-electron chi connectivity index (χ3n) is 4.93. The Balaban J connectivity index is 1.61. The Labute approximate surface area is 196 Å². The molecule has 1 aromatic heterocycles. The molecule has 0 unspecified atom stereocenters. The summed E-state index contributed by atoms with van der Waals surface area (Å²) in [4.78, 5) is 13.1. The van der Waals surface area contributed by atoms with Gasteiger partial charge in [0.2, 0.25) is 15.2 Å². The molecule has 0 spiro atoms. The number of carbonyl (C=O) groups is 1. The summed E-state index contributed by atoms with van der Waals surface area (Å²) in [5.74, 6) is -0.459. The van der Waals surface area contributed by atoms with Gasteiger partial charge in [-0.15, -0.1) is 10.2 Å². The van der Waals surface area contributed by atoms with E-state index < -0.39 is 15.9 Å². The van der Waals surface area contributed by atoms with Gasteiger partial charge in [0.05, 0.1) is 24.1 Å². The van der Waals surface area contributed by atoms with Crippen LogP contribution in [0.1, 0.15) is 21.5 Å². The molecule has 4 aromatic rings. The molecule has 4 rings (SSSR count). The van der Waals surface area contributed by atoms with Crippen LogP contribution < -0.4 is 9.62 Å². The van der Waals surface area contributed by atoms with Crippen LogP contribution in [0.2, 0.25) is 0 Å². The number of aromatic nitrogens is 2. The minimum absolute atomic E-state index is 0.111. The first-order valence-corrected chi connectivity index (χ1v) is 12.8. The first-order chi connectivity index (χ1) is 15.8. The Hall–Kier alpha value is -3.56. The molecule has 0 aliphatic heterocycles. The zero-order valence-corrected chi connectivity index (χ0v) is 19.7. The van der Waals surface area contributed by atoms with Gasteiger partial charge in [0.1, 0.15) is 5.01 Å². The first kappa shape index (κ1) is 22.6. The van der Waals surface area contributed by atoms with Gasteiger partial charge < -0.3 is 0 Å². The maximum atomic E-state index is 13.1. The fourth-order valence-corrected chi connectivity index (χ4v) is 4.91. The third-order valence-corrected chi connectivity index (χ3v) is 6.94. The number of hydrogen-bond donors (Lipinski definition) is 1. The van der Waals surface area contributed by atoms with Crippen molar-refractivity contribution in [1.82, 2.24) is 10.2 Å². The summed E-state index contributed by atoms with van der Waals surface area (Å²) in [5.41, 5.74) is 3.38. The van der Waals surface area contributed by atoms with Gasteiger partial charge >= 0.3 is 0 Å². The lowest BCUT2D eigenvalue weighted by Gasteiger charge is -2.24. The Morgan fingerprint density at radius 1 is 0.939 bits per heavy atom. The topological polar surface area (TPSA) is 92.3 Å². The average Bonchev–Trinajstić information content (AvgIpc) is 3.26. The molecule has 7 nitrogen and oxygen atoms in total. The van der Waals surface area contributed by atoms with Crippen LogP contribution in [0.3, 0.4) is 0 Å². The van der Waals surface area contributed by atoms with Crippen molar-refractivity contribution < 1.29 is 13.2 Å². The number of benzene rings is 3. The molecule has 0 radical (unpaired) electrons. The molecule has 1 heterocycles. The van der Waals surface area contributed by atoms with E-state index in [1.165, 1.54) is 15.6 Å². The molecule has 0 bridgehead atoms. The smallest absolute Gasteiger partial charge is 0.259 e. The maximum absolute atomic E-state index is 13.1. The Bertz CT molecular complexity index is 1370. The van der Waals surface area contributed by atoms with Crippen molar-refractivity contribution in [2.45, 2.75) is 13.5 Å². The predicted molar refractivity (Wildman–Crippen MR) is 132 cm³/mol. The average molecular weight is 479 g/mol. The van der Waals surface area contributed by atoms with Gasteiger partial charge in [0.25, 0.3) is 5.91 Å². The van der Waals surface area contributed by atoms with Crippen molar-refractivity contribution in [1.29, 1.82) is 0 Å². The van der Waals surface area contributed by atoms with Gasteiger partial charge in [0.15, 0.2) is 0 Å². The number of anilines is 2. The number of rotatable bonds is 7. The van der Waals surface area contributed by atoms with E-state index in [1.807, 2.05) is 61.5 Å². The van der Waals surface area contributed by atoms with E-state index in [9.17, 15) is 13.2 Å². The third kappa shape index (κ3) is 5.44. The van der Waals surface area contributed by atoms with Crippen molar-refractivity contribution in [2.75, 3.05) is 15.9 Å². The van der Waals surface area contributed by atoms with Gasteiger partial charge in [-0.3, -0.25) is 14.4 Å². The summed E-state index contributed by atoms with van der Waals surface area (Å²) in [6.07, 6.45) is 1.13. The highest BCUT2D eigenvalue weighted by molar-refractivity contribution is 7.92. The molecule has 0 saturated carbocycles. The lowest BCUT2D eigenvalue weighted by atomic mass is 10.1. The molecule has 33 heavy (non-hydrogen) atoms. The number of carbonyl (C=O) groups excluding carboxylic acids is 1. The molecular formula is C24H22N4O3S2. The van der Waals surface area contributed by atoms with Gasteiger partial charge in [-0.05, 0) is 24.6 Å². The number of para-hydroxylation sites is 1. The number of hydrogen-bond acceptors (Lipinski definition) is 6. The largest absolute Gasteiger partial charge is 0.296 e. The summed E-state index contributed by atoms with van der Waals surface area (Å²) in [6.45, 7) is 2.12. The van der Waals surface area contributed by atoms with Crippen molar-refractivity contribution in [3.05, 3.63) is 95.6 Å². The van der Waals surface area contributed by atoms with Crippen LogP contribution in [0.5, 0.6) is 0 Å². The molecule has 0 saturated heterocycles. The van der Waals surface area contributed by atoms with Crippen LogP contribution in [-0.4, -0.2) is 30.8 Å². The van der Waals surface area contributed by atoms with Crippen LogP contribution >= 0.6 is 11.3 Å². The van der Waals surface area contributed by atoms with Crippen LogP contribution in [0.25, 0.3) is 10.6 Å². The normalized spacial score (nSPS) is 11.2. The lowest BCUT2D eigenvalue weighted by Crippen LogP contribution is -2.31. The number of nitrogens with zero attached hydrogens (tertiary/aromatic N) is 3. The highest BCUT2D eigenvalue weighted by atomic mass is 32.2. The van der Waals surface area contributed by atoms with Crippen molar-refractivity contribution in [3.8, 4) is 10.6 Å². The number of sulfonamides is 1. The van der Waals surface area contributed by atoms with E-state index in [1.54, 1.807) is 24.3 Å². The molecule has 0 fully saturated rings. The molecule has 0 aliphatic carbocycles. The molecule has 0 atom stereocenters. The summed E-state index contributed by atoms with van der Waals surface area (Å²) < 4.78 is 26.5. The molecule has 168 valence electrons. The van der Waals surface area contributed by atoms with Gasteiger partial charge in [-0.1, -0.05) is 83.6 Å². The molecule has 3 aromatic carbocycles. The molecule has 1 N–H and O–H groups in total. The maximum Gasteiger partial charge on any atom is 0.259 e. The second-order valence-corrected chi connectivity index (χ2v) is 10.4. The lowest BCUT2D eigenvalue weighted by molar-refractivity contribution is 0.102. The van der Waals surface area contributed by atoms with Crippen molar-refractivity contribution in [2.24, 2.45) is 0 Å². The highest BCUT2D eigenvalue weighted by Gasteiger charge is 2.24. The SMILES string of the molecule is Cc1ccc(-c2nnc(NC(=O)c3ccccc3N(Cc3ccccc3)S(C)(=O)=O)s2)cc1. The van der Waals surface area contributed by atoms with Crippen LogP contribution in [0.15, 0.2) is 78.9 Å². The fraction of sp³-hybridized carbons (Fsp3) is 0.125. The summed E-state index contributed by atoms with van der Waals surface area (Å²) in [6, 6.07) is 23.7. The van der Waals surface area contributed by atoms with Crippen LogP contribution in [-0.2, 0) is 16.6 Å². The molecule has 9 heteroatoms. The summed E-state index contributed by atoms with van der Waals surface area (Å²) in [7, 11) is -3.65. The van der Waals surface area contributed by atoms with Crippen LogP contribution in [0.4, 0.5) is 10.8 Å². The van der Waals surface area contributed by atoms with Gasteiger partial charge in [-0.2, -0.15) is 0 Å². The van der Waals surface area contributed by atoms with E-state index in [4.69, 9.17) is 0 Å². The minimum Gasteiger partial charge on any atom is -0.296 e. The predicted octanol–water partition coefficient (Wildman–Crippen LogP) is 4.73. The van der Waals surface area contributed by atoms with Gasteiger partial charge in [-0.25, -0.2) is 8.42 Å². The van der Waals surface area contributed by atoms with E-state index in [0.29, 0.717) is 15.8 Å². The minimum atomic E-state index is -3.65. The van der Waals surface area contributed by atoms with Gasteiger partial charge in [0, 0.05) is 5.56 Å². The van der Waals surface area contributed by atoms with E-state index in [-0.39, 0.29) is 12.1 Å². The highest BCUT2D eigenvalue weighted by Crippen LogP contribution is 2.29. The van der Waals surface area contributed by atoms with E-state index in [2.05, 4.69) is 15.5 Å². The zero-order valence-electron chi connectivity index (χ0n) is 18.1. The zero-order chi connectivity index (χ0) is 23.4. The second kappa shape index (κ2) is 9.51. The molecular weight excluding hydrogens is 456 g/mol. The Morgan fingerprint density at radius 3 is 2.30 bits per heavy atom. The number of amides is 1. The number of nitrogens with one attached hydrogen (secondary N) is 1. The Morgan fingerprint density at radius 2 is 1.61 bits per heavy atom. The standard InChI is InChI=1S/C24H22N4O3S2/c1-17-12-14-19(15-13-17)23-26-27-24(32-23)25-22(29)20-10-6-7-11-21(20)28(33(2,30)31)16-18-8-4-3-5-9-18/h3-15H,16H2,1-2H3,(H,25,27,29). The monoisotopic (exact) mass is 478 g/mol. The summed E-state index contributed by atoms with van der Waals surface area (Å²) >= 11 is 1.25. The Kier molecular flexibility index (Phi) is 6.52. The molecule has 1 amide bonds.